The van der Waals surface area contributed by atoms with Crippen LogP contribution in [0.1, 0.15) is 13.3 Å². The van der Waals surface area contributed by atoms with Gasteiger partial charge in [-0.1, -0.05) is 6.92 Å². The molecule has 106 valence electrons. The zero-order valence-electron chi connectivity index (χ0n) is 10.4. The SMILES string of the molecule is CCCOCCNS(=O)(=O)c1cncc([N+](=O)[O-])c1. The molecule has 1 N–H and O–H groups in total. The van der Waals surface area contributed by atoms with Crippen molar-refractivity contribution in [2.45, 2.75) is 18.2 Å². The third kappa shape index (κ3) is 4.89. The molecule has 1 heterocycles. The van der Waals surface area contributed by atoms with Crippen LogP contribution in [-0.4, -0.2) is 38.1 Å². The zero-order valence-corrected chi connectivity index (χ0v) is 11.2. The summed E-state index contributed by atoms with van der Waals surface area (Å²) in [5.41, 5.74) is -0.370. The number of aromatic nitrogens is 1. The van der Waals surface area contributed by atoms with Crippen LogP contribution in [0.5, 0.6) is 0 Å². The van der Waals surface area contributed by atoms with Gasteiger partial charge in [-0.05, 0) is 6.42 Å². The third-order valence-corrected chi connectivity index (χ3v) is 3.53. The Hall–Kier alpha value is -1.58. The second kappa shape index (κ2) is 7.12. The monoisotopic (exact) mass is 289 g/mol. The van der Waals surface area contributed by atoms with Crippen molar-refractivity contribution in [2.75, 3.05) is 19.8 Å². The second-order valence-electron chi connectivity index (χ2n) is 3.65. The Morgan fingerprint density at radius 2 is 2.16 bits per heavy atom. The van der Waals surface area contributed by atoms with Crippen LogP contribution < -0.4 is 4.72 Å². The number of nitro groups is 1. The van der Waals surface area contributed by atoms with Gasteiger partial charge in [-0.15, -0.1) is 0 Å². The number of hydrogen-bond acceptors (Lipinski definition) is 6. The molecule has 0 aliphatic heterocycles. The predicted molar refractivity (Wildman–Crippen MR) is 67.2 cm³/mol. The molecular formula is C10H15N3O5S. The Morgan fingerprint density at radius 3 is 2.79 bits per heavy atom. The minimum absolute atomic E-state index is 0.102. The van der Waals surface area contributed by atoms with Crippen LogP contribution >= 0.6 is 0 Å². The molecule has 0 aliphatic rings. The van der Waals surface area contributed by atoms with Gasteiger partial charge in [0.05, 0.1) is 11.5 Å². The van der Waals surface area contributed by atoms with E-state index >= 15 is 0 Å². The Morgan fingerprint density at radius 1 is 1.42 bits per heavy atom. The maximum absolute atomic E-state index is 11.8. The number of pyridine rings is 1. The summed E-state index contributed by atoms with van der Waals surface area (Å²) < 4.78 is 31.0. The first-order valence-electron chi connectivity index (χ1n) is 5.64. The summed E-state index contributed by atoms with van der Waals surface area (Å²) in [6, 6.07) is 0.961. The van der Waals surface area contributed by atoms with E-state index in [2.05, 4.69) is 9.71 Å². The number of nitrogens with zero attached hydrogens (tertiary/aromatic N) is 2. The highest BCUT2D eigenvalue weighted by Crippen LogP contribution is 2.14. The van der Waals surface area contributed by atoms with Gasteiger partial charge in [0.25, 0.3) is 5.69 Å². The molecule has 8 nitrogen and oxygen atoms in total. The van der Waals surface area contributed by atoms with E-state index in [1.54, 1.807) is 0 Å². The lowest BCUT2D eigenvalue weighted by atomic mass is 10.4. The normalized spacial score (nSPS) is 11.4. The molecule has 0 fully saturated rings. The van der Waals surface area contributed by atoms with E-state index in [0.29, 0.717) is 6.61 Å². The van der Waals surface area contributed by atoms with Crippen molar-refractivity contribution in [3.63, 3.8) is 0 Å². The summed E-state index contributed by atoms with van der Waals surface area (Å²) in [6.07, 6.45) is 2.90. The van der Waals surface area contributed by atoms with E-state index < -0.39 is 14.9 Å². The highest BCUT2D eigenvalue weighted by atomic mass is 32.2. The molecule has 0 saturated carbocycles. The molecule has 0 amide bonds. The standard InChI is InChI=1S/C10H15N3O5S/c1-2-4-18-5-3-12-19(16,17)10-6-9(13(14)15)7-11-8-10/h6-8,12H,2-5H2,1H3. The van der Waals surface area contributed by atoms with Gasteiger partial charge in [0.15, 0.2) is 0 Å². The van der Waals surface area contributed by atoms with Crippen LogP contribution in [-0.2, 0) is 14.8 Å². The molecule has 0 aliphatic carbocycles. The summed E-state index contributed by atoms with van der Waals surface area (Å²) in [5.74, 6) is 0. The van der Waals surface area contributed by atoms with Crippen LogP contribution in [0.15, 0.2) is 23.4 Å². The molecule has 0 atom stereocenters. The minimum atomic E-state index is -3.80. The lowest BCUT2D eigenvalue weighted by molar-refractivity contribution is -0.385. The molecule has 0 aromatic carbocycles. The summed E-state index contributed by atoms with van der Waals surface area (Å²) >= 11 is 0. The highest BCUT2D eigenvalue weighted by molar-refractivity contribution is 7.89. The van der Waals surface area contributed by atoms with Gasteiger partial charge in [0.1, 0.15) is 11.1 Å². The number of ether oxygens (including phenoxy) is 1. The maximum atomic E-state index is 11.8. The third-order valence-electron chi connectivity index (χ3n) is 2.11. The smallest absolute Gasteiger partial charge is 0.288 e. The maximum Gasteiger partial charge on any atom is 0.288 e. The average molecular weight is 289 g/mol. The van der Waals surface area contributed by atoms with E-state index in [4.69, 9.17) is 4.74 Å². The molecule has 19 heavy (non-hydrogen) atoms. The molecule has 0 bridgehead atoms. The number of hydrogen-bond donors (Lipinski definition) is 1. The van der Waals surface area contributed by atoms with E-state index in [9.17, 15) is 18.5 Å². The lowest BCUT2D eigenvalue weighted by Gasteiger charge is -2.06. The number of rotatable bonds is 8. The largest absolute Gasteiger partial charge is 0.380 e. The first kappa shape index (κ1) is 15.5. The van der Waals surface area contributed by atoms with Crippen molar-refractivity contribution >= 4 is 15.7 Å². The number of nitrogens with one attached hydrogen (secondary N) is 1. The average Bonchev–Trinajstić information content (AvgIpc) is 2.38. The van der Waals surface area contributed by atoms with Gasteiger partial charge < -0.3 is 4.74 Å². The molecule has 0 radical (unpaired) electrons. The van der Waals surface area contributed by atoms with Gasteiger partial charge in [-0.3, -0.25) is 15.1 Å². The van der Waals surface area contributed by atoms with E-state index in [1.165, 1.54) is 0 Å². The Balaban J connectivity index is 2.66. The fraction of sp³-hybridized carbons (Fsp3) is 0.500. The second-order valence-corrected chi connectivity index (χ2v) is 5.41. The van der Waals surface area contributed by atoms with E-state index in [0.717, 1.165) is 24.9 Å². The van der Waals surface area contributed by atoms with Crippen LogP contribution in [0.4, 0.5) is 5.69 Å². The molecule has 1 aromatic rings. The van der Waals surface area contributed by atoms with Crippen LogP contribution in [0.3, 0.4) is 0 Å². The van der Waals surface area contributed by atoms with Gasteiger partial charge in [0.2, 0.25) is 10.0 Å². The quantitative estimate of drug-likeness (QED) is 0.428. The summed E-state index contributed by atoms with van der Waals surface area (Å²) in [7, 11) is -3.80. The van der Waals surface area contributed by atoms with Crippen LogP contribution in [0, 0.1) is 10.1 Å². The summed E-state index contributed by atoms with van der Waals surface area (Å²) in [6.45, 7) is 2.85. The molecule has 0 unspecified atom stereocenters. The van der Waals surface area contributed by atoms with E-state index in [1.807, 2.05) is 6.92 Å². The molecular weight excluding hydrogens is 274 g/mol. The van der Waals surface area contributed by atoms with Gasteiger partial charge in [0, 0.05) is 25.4 Å². The Labute approximate surface area is 111 Å². The first-order valence-corrected chi connectivity index (χ1v) is 7.12. The fourth-order valence-electron chi connectivity index (χ4n) is 1.23. The van der Waals surface area contributed by atoms with Crippen molar-refractivity contribution in [1.82, 2.24) is 9.71 Å². The first-order chi connectivity index (χ1) is 8.97. The Kier molecular flexibility index (Phi) is 5.80. The molecule has 1 rings (SSSR count). The molecule has 1 aromatic heterocycles. The van der Waals surface area contributed by atoms with Crippen LogP contribution in [0.2, 0.25) is 0 Å². The fourth-order valence-corrected chi connectivity index (χ4v) is 2.23. The van der Waals surface area contributed by atoms with Crippen molar-refractivity contribution in [3.8, 4) is 0 Å². The van der Waals surface area contributed by atoms with Crippen molar-refractivity contribution in [2.24, 2.45) is 0 Å². The van der Waals surface area contributed by atoms with Crippen molar-refractivity contribution in [3.05, 3.63) is 28.6 Å². The molecule has 0 saturated heterocycles. The summed E-state index contributed by atoms with van der Waals surface area (Å²) in [5, 5.41) is 10.5. The van der Waals surface area contributed by atoms with E-state index in [-0.39, 0.29) is 23.7 Å². The van der Waals surface area contributed by atoms with Gasteiger partial charge in [-0.25, -0.2) is 13.1 Å². The lowest BCUT2D eigenvalue weighted by Crippen LogP contribution is -2.27. The van der Waals surface area contributed by atoms with Crippen molar-refractivity contribution in [1.29, 1.82) is 0 Å². The summed E-state index contributed by atoms with van der Waals surface area (Å²) in [4.78, 5) is 13.1. The zero-order chi connectivity index (χ0) is 14.3. The van der Waals surface area contributed by atoms with Crippen LogP contribution in [0.25, 0.3) is 0 Å². The van der Waals surface area contributed by atoms with Gasteiger partial charge >= 0.3 is 0 Å². The van der Waals surface area contributed by atoms with Crippen molar-refractivity contribution < 1.29 is 18.1 Å². The van der Waals surface area contributed by atoms with Gasteiger partial charge in [-0.2, -0.15) is 0 Å². The predicted octanol–water partition coefficient (Wildman–Crippen LogP) is 0.695. The Bertz CT molecular complexity index is 532. The minimum Gasteiger partial charge on any atom is -0.380 e. The molecule has 0 spiro atoms. The number of sulfonamides is 1. The highest BCUT2D eigenvalue weighted by Gasteiger charge is 2.17. The topological polar surface area (TPSA) is 111 Å². The molecule has 9 heteroatoms.